The van der Waals surface area contributed by atoms with Crippen molar-refractivity contribution in [1.29, 1.82) is 0 Å². The molecule has 1 saturated heterocycles. The van der Waals surface area contributed by atoms with Crippen LogP contribution in [0.4, 0.5) is 4.79 Å². The van der Waals surface area contributed by atoms with Crippen LogP contribution in [-0.4, -0.2) is 71.2 Å². The van der Waals surface area contributed by atoms with E-state index in [9.17, 15) is 24.0 Å². The summed E-state index contributed by atoms with van der Waals surface area (Å²) < 4.78 is 0. The molecule has 0 bridgehead atoms. The van der Waals surface area contributed by atoms with Crippen molar-refractivity contribution in [2.45, 2.75) is 123 Å². The van der Waals surface area contributed by atoms with Crippen LogP contribution in [0.1, 0.15) is 98.5 Å². The van der Waals surface area contributed by atoms with Crippen molar-refractivity contribution in [2.24, 2.45) is 17.3 Å². The van der Waals surface area contributed by atoms with Crippen molar-refractivity contribution in [3.63, 3.8) is 0 Å². The Balaban J connectivity index is 1.82. The number of carbonyl (C=O) groups excluding carboxylic acids is 5. The molecule has 1 heterocycles. The zero-order valence-electron chi connectivity index (χ0n) is 29.3. The van der Waals surface area contributed by atoms with Gasteiger partial charge in [-0.1, -0.05) is 104 Å². The van der Waals surface area contributed by atoms with Crippen LogP contribution >= 0.6 is 0 Å². The van der Waals surface area contributed by atoms with Gasteiger partial charge < -0.3 is 26.2 Å². The summed E-state index contributed by atoms with van der Waals surface area (Å²) in [6.07, 6.45) is 8.36. The lowest BCUT2D eigenvalue weighted by molar-refractivity contribution is -0.143. The zero-order chi connectivity index (χ0) is 34.8. The third-order valence-corrected chi connectivity index (χ3v) is 9.67. The predicted molar refractivity (Wildman–Crippen MR) is 184 cm³/mol. The first-order chi connectivity index (χ1) is 22.2. The minimum absolute atomic E-state index is 0.0525. The van der Waals surface area contributed by atoms with Gasteiger partial charge in [0.05, 0.1) is 6.04 Å². The van der Waals surface area contributed by atoms with E-state index in [-0.39, 0.29) is 30.7 Å². The van der Waals surface area contributed by atoms with Gasteiger partial charge in [0.15, 0.2) is 0 Å². The number of benzene rings is 1. The first kappa shape index (κ1) is 37.8. The normalized spacial score (nSPS) is 20.5. The molecule has 0 aromatic heterocycles. The Kier molecular flexibility index (Phi) is 13.6. The Bertz CT molecular complexity index is 1250. The highest BCUT2D eigenvalue weighted by Gasteiger charge is 2.46. The molecule has 10 heteroatoms. The summed E-state index contributed by atoms with van der Waals surface area (Å²) in [5.74, 6) is -2.05. The standard InChI is InChI=1S/C37H57N5O5/c1-8-16-28(30(43)33(45)38-21-9-2)39-32(44)29-22-27(25(3)4)24-42(29)34(46)31(36(5,6)7)40-35(47)41-37(19-14-11-15-20-37)23-26-17-12-10-13-18-26/h9-10,12-13,17-18,25,27-29,31H,2,8,11,14-16,19-24H2,1,3-7H3,(H,38,45)(H,39,44)(H2,40,41,47)/t27-,28?,29+,31-/m1/s1. The molecule has 2 aliphatic rings. The highest BCUT2D eigenvalue weighted by Crippen LogP contribution is 2.34. The van der Waals surface area contributed by atoms with E-state index in [2.05, 4.69) is 53.8 Å². The minimum atomic E-state index is -1.01. The number of urea groups is 1. The van der Waals surface area contributed by atoms with Crippen LogP contribution in [0, 0.1) is 17.3 Å². The van der Waals surface area contributed by atoms with E-state index in [1.165, 1.54) is 6.08 Å². The maximum Gasteiger partial charge on any atom is 0.315 e. The second-order valence-electron chi connectivity index (χ2n) is 14.9. The van der Waals surface area contributed by atoms with Crippen molar-refractivity contribution < 1.29 is 24.0 Å². The molecule has 5 amide bonds. The number of hydrogen-bond donors (Lipinski definition) is 4. The maximum atomic E-state index is 14.4. The molecule has 4 N–H and O–H groups in total. The Morgan fingerprint density at radius 1 is 1.02 bits per heavy atom. The molecule has 1 aliphatic heterocycles. The minimum Gasteiger partial charge on any atom is -0.346 e. The molecule has 2 fully saturated rings. The molecule has 0 radical (unpaired) electrons. The molecule has 1 saturated carbocycles. The molecule has 260 valence electrons. The number of hydrogen-bond acceptors (Lipinski definition) is 5. The number of carbonyl (C=O) groups is 5. The van der Waals surface area contributed by atoms with Crippen molar-refractivity contribution in [1.82, 2.24) is 26.2 Å². The SMILES string of the molecule is C=CCNC(=O)C(=O)C(CCC)NC(=O)[C@@H]1C[C@@H](C(C)C)CN1C(=O)[C@@H](NC(=O)NC1(Cc2ccccc2)CCCCC1)C(C)(C)C. The average molecular weight is 652 g/mol. The second-order valence-corrected chi connectivity index (χ2v) is 14.9. The highest BCUT2D eigenvalue weighted by atomic mass is 16.2. The second kappa shape index (κ2) is 16.9. The van der Waals surface area contributed by atoms with Gasteiger partial charge in [0.1, 0.15) is 12.1 Å². The predicted octanol–water partition coefficient (Wildman–Crippen LogP) is 4.68. The molecular weight excluding hydrogens is 594 g/mol. The van der Waals surface area contributed by atoms with Gasteiger partial charge in [0.2, 0.25) is 17.6 Å². The number of Topliss-reactive ketones (excluding diaryl/α,β-unsaturated/α-hetero) is 1. The van der Waals surface area contributed by atoms with Gasteiger partial charge >= 0.3 is 6.03 Å². The number of nitrogens with one attached hydrogen (secondary N) is 4. The molecule has 0 spiro atoms. The number of ketones is 1. The van der Waals surface area contributed by atoms with Crippen LogP contribution in [0.3, 0.4) is 0 Å². The van der Waals surface area contributed by atoms with Gasteiger partial charge in [-0.2, -0.15) is 0 Å². The molecule has 3 rings (SSSR count). The molecule has 1 unspecified atom stereocenters. The fourth-order valence-electron chi connectivity index (χ4n) is 6.86. The van der Waals surface area contributed by atoms with Gasteiger partial charge in [-0.15, -0.1) is 6.58 Å². The van der Waals surface area contributed by atoms with E-state index in [0.717, 1.165) is 37.7 Å². The van der Waals surface area contributed by atoms with Crippen LogP contribution in [0.25, 0.3) is 0 Å². The van der Waals surface area contributed by atoms with E-state index in [1.54, 1.807) is 4.90 Å². The Hall–Kier alpha value is -3.69. The largest absolute Gasteiger partial charge is 0.346 e. The average Bonchev–Trinajstić information content (AvgIpc) is 3.48. The first-order valence-electron chi connectivity index (χ1n) is 17.4. The number of amides is 5. The first-order valence-corrected chi connectivity index (χ1v) is 17.4. The monoisotopic (exact) mass is 651 g/mol. The summed E-state index contributed by atoms with van der Waals surface area (Å²) in [6.45, 7) is 15.7. The van der Waals surface area contributed by atoms with Gasteiger partial charge in [-0.25, -0.2) is 4.79 Å². The van der Waals surface area contributed by atoms with E-state index >= 15 is 0 Å². The summed E-state index contributed by atoms with van der Waals surface area (Å²) in [4.78, 5) is 68.9. The van der Waals surface area contributed by atoms with Gasteiger partial charge in [-0.05, 0) is 54.9 Å². The third kappa shape index (κ3) is 10.4. The zero-order valence-corrected chi connectivity index (χ0v) is 29.3. The lowest BCUT2D eigenvalue weighted by Gasteiger charge is -2.40. The number of likely N-dealkylation sites (tertiary alicyclic amines) is 1. The van der Waals surface area contributed by atoms with E-state index in [1.807, 2.05) is 45.9 Å². The van der Waals surface area contributed by atoms with Crippen LogP contribution in [-0.2, 0) is 25.6 Å². The Morgan fingerprint density at radius 2 is 1.68 bits per heavy atom. The molecular formula is C37H57N5O5. The fraction of sp³-hybridized carbons (Fsp3) is 0.649. The molecule has 10 nitrogen and oxygen atoms in total. The van der Waals surface area contributed by atoms with E-state index < -0.39 is 52.7 Å². The Morgan fingerprint density at radius 3 is 2.26 bits per heavy atom. The highest BCUT2D eigenvalue weighted by molar-refractivity contribution is 6.38. The van der Waals surface area contributed by atoms with Crippen molar-refractivity contribution >= 4 is 29.5 Å². The van der Waals surface area contributed by atoms with Crippen molar-refractivity contribution in [3.05, 3.63) is 48.6 Å². The van der Waals surface area contributed by atoms with Crippen LogP contribution in [0.5, 0.6) is 0 Å². The molecule has 1 aromatic rings. The summed E-state index contributed by atoms with van der Waals surface area (Å²) in [5, 5.41) is 11.6. The molecule has 47 heavy (non-hydrogen) atoms. The van der Waals surface area contributed by atoms with Crippen LogP contribution < -0.4 is 21.3 Å². The van der Waals surface area contributed by atoms with Gasteiger partial charge in [0, 0.05) is 18.6 Å². The topological polar surface area (TPSA) is 137 Å². The Labute approximate surface area is 281 Å². The smallest absolute Gasteiger partial charge is 0.315 e. The number of nitrogens with zero attached hydrogens (tertiary/aromatic N) is 1. The fourth-order valence-corrected chi connectivity index (χ4v) is 6.86. The van der Waals surface area contributed by atoms with Gasteiger partial charge in [-0.3, -0.25) is 19.2 Å². The maximum absolute atomic E-state index is 14.4. The molecule has 1 aliphatic carbocycles. The van der Waals surface area contributed by atoms with Gasteiger partial charge in [0.25, 0.3) is 5.91 Å². The molecule has 4 atom stereocenters. The van der Waals surface area contributed by atoms with Crippen molar-refractivity contribution in [2.75, 3.05) is 13.1 Å². The quantitative estimate of drug-likeness (QED) is 0.171. The lowest BCUT2D eigenvalue weighted by Crippen LogP contribution is -2.62. The number of rotatable bonds is 14. The third-order valence-electron chi connectivity index (χ3n) is 9.67. The van der Waals surface area contributed by atoms with Crippen LogP contribution in [0.2, 0.25) is 0 Å². The van der Waals surface area contributed by atoms with Crippen molar-refractivity contribution in [3.8, 4) is 0 Å². The lowest BCUT2D eigenvalue weighted by atomic mass is 9.77. The molecule has 1 aromatic carbocycles. The van der Waals surface area contributed by atoms with E-state index in [0.29, 0.717) is 25.8 Å². The summed E-state index contributed by atoms with van der Waals surface area (Å²) in [6, 6.07) is 7.00. The summed E-state index contributed by atoms with van der Waals surface area (Å²) in [5.41, 5.74) is 0.0863. The van der Waals surface area contributed by atoms with E-state index in [4.69, 9.17) is 0 Å². The summed E-state index contributed by atoms with van der Waals surface area (Å²) >= 11 is 0. The summed E-state index contributed by atoms with van der Waals surface area (Å²) in [7, 11) is 0. The van der Waals surface area contributed by atoms with Crippen LogP contribution in [0.15, 0.2) is 43.0 Å².